The largest absolute Gasteiger partial charge is 0.459 e. The van der Waals surface area contributed by atoms with Crippen molar-refractivity contribution in [2.45, 2.75) is 101 Å². The standard InChI is InChI=1S/C26H34F10N2S/c27-23(28,25(32,33)26(34,35)36)14-17-39-16-11-9-7-5-3-1-2-4-6-8-10-15-38-21-13-12-20(19-37)22(18-21)24(29,30)31/h12-13,18,38H,1-11,14-17H2. The summed E-state index contributed by atoms with van der Waals surface area (Å²) in [7, 11) is 0. The molecule has 0 atom stereocenters. The molecule has 0 aliphatic carbocycles. The van der Waals surface area contributed by atoms with E-state index in [1.807, 2.05) is 0 Å². The Kier molecular flexibility index (Phi) is 14.8. The van der Waals surface area contributed by atoms with Gasteiger partial charge in [-0.15, -0.1) is 0 Å². The van der Waals surface area contributed by atoms with Gasteiger partial charge in [0.2, 0.25) is 0 Å². The third-order valence-electron chi connectivity index (χ3n) is 6.12. The molecule has 0 aliphatic heterocycles. The van der Waals surface area contributed by atoms with Crippen molar-refractivity contribution in [1.82, 2.24) is 0 Å². The summed E-state index contributed by atoms with van der Waals surface area (Å²) in [4.78, 5) is 0. The fraction of sp³-hybridized carbons (Fsp3) is 0.731. The molecule has 0 saturated carbocycles. The van der Waals surface area contributed by atoms with Crippen molar-refractivity contribution < 1.29 is 43.9 Å². The predicted octanol–water partition coefficient (Wildman–Crippen LogP) is 10.2. The molecule has 1 N–H and O–H groups in total. The molecule has 0 fully saturated rings. The molecule has 0 aliphatic rings. The van der Waals surface area contributed by atoms with Gasteiger partial charge in [0.05, 0.1) is 17.2 Å². The molecule has 0 radical (unpaired) electrons. The van der Waals surface area contributed by atoms with Crippen molar-refractivity contribution in [2.75, 3.05) is 23.4 Å². The zero-order valence-electron chi connectivity index (χ0n) is 21.5. The van der Waals surface area contributed by atoms with Gasteiger partial charge >= 0.3 is 24.2 Å². The van der Waals surface area contributed by atoms with Crippen LogP contribution in [0.25, 0.3) is 0 Å². The lowest BCUT2D eigenvalue weighted by molar-refractivity contribution is -0.354. The van der Waals surface area contributed by atoms with Gasteiger partial charge in [0.1, 0.15) is 0 Å². The van der Waals surface area contributed by atoms with Crippen molar-refractivity contribution in [3.63, 3.8) is 0 Å². The average molecular weight is 597 g/mol. The molecule has 0 amide bonds. The van der Waals surface area contributed by atoms with Crippen LogP contribution in [0.15, 0.2) is 18.2 Å². The molecule has 1 aromatic rings. The van der Waals surface area contributed by atoms with E-state index in [2.05, 4.69) is 5.32 Å². The first kappa shape index (κ1) is 35.2. The van der Waals surface area contributed by atoms with Crippen LogP contribution in [-0.4, -0.2) is 36.1 Å². The number of nitrogens with zero attached hydrogens (tertiary/aromatic N) is 1. The number of unbranched alkanes of at least 4 members (excludes halogenated alkanes) is 10. The highest BCUT2D eigenvalue weighted by Gasteiger charge is 2.72. The molecule has 1 aromatic carbocycles. The maximum Gasteiger partial charge on any atom is 0.459 e. The zero-order valence-corrected chi connectivity index (χ0v) is 22.3. The van der Waals surface area contributed by atoms with Crippen LogP contribution in [0.2, 0.25) is 0 Å². The van der Waals surface area contributed by atoms with Crippen LogP contribution in [0.4, 0.5) is 49.6 Å². The summed E-state index contributed by atoms with van der Waals surface area (Å²) in [6, 6.07) is 5.12. The highest BCUT2D eigenvalue weighted by Crippen LogP contribution is 2.48. The van der Waals surface area contributed by atoms with Gasteiger partial charge in [-0.25, -0.2) is 0 Å². The van der Waals surface area contributed by atoms with Crippen LogP contribution in [0.5, 0.6) is 0 Å². The third kappa shape index (κ3) is 12.5. The summed E-state index contributed by atoms with van der Waals surface area (Å²) in [5.41, 5.74) is -1.03. The van der Waals surface area contributed by atoms with E-state index in [0.29, 0.717) is 24.4 Å². The Bertz CT molecular complexity index is 879. The van der Waals surface area contributed by atoms with E-state index in [-0.39, 0.29) is 0 Å². The van der Waals surface area contributed by atoms with Gasteiger partial charge in [-0.2, -0.15) is 60.9 Å². The molecule has 13 heteroatoms. The number of nitrogens with one attached hydrogen (secondary N) is 1. The minimum Gasteiger partial charge on any atom is -0.385 e. The van der Waals surface area contributed by atoms with Crippen molar-refractivity contribution in [3.8, 4) is 6.07 Å². The monoisotopic (exact) mass is 596 g/mol. The Morgan fingerprint density at radius 2 is 1.21 bits per heavy atom. The average Bonchev–Trinajstić information content (AvgIpc) is 2.84. The SMILES string of the molecule is N#Cc1ccc(NCCCCCCCCCCCCCSCCC(F)(F)C(F)(F)C(F)(F)F)cc1C(F)(F)F. The zero-order chi connectivity index (χ0) is 29.6. The second kappa shape index (κ2) is 16.4. The molecule has 224 valence electrons. The summed E-state index contributed by atoms with van der Waals surface area (Å²) in [6.07, 6.45) is -2.00. The van der Waals surface area contributed by atoms with E-state index in [9.17, 15) is 43.9 Å². The van der Waals surface area contributed by atoms with E-state index in [4.69, 9.17) is 5.26 Å². The predicted molar refractivity (Wildman–Crippen MR) is 133 cm³/mol. The maximum absolute atomic E-state index is 13.2. The van der Waals surface area contributed by atoms with E-state index in [0.717, 1.165) is 88.1 Å². The van der Waals surface area contributed by atoms with Gasteiger partial charge in [0, 0.05) is 18.7 Å². The van der Waals surface area contributed by atoms with Crippen LogP contribution in [0.3, 0.4) is 0 Å². The van der Waals surface area contributed by atoms with Gasteiger partial charge in [-0.3, -0.25) is 0 Å². The van der Waals surface area contributed by atoms with Gasteiger partial charge in [-0.1, -0.05) is 57.8 Å². The number of alkyl halides is 10. The molecule has 0 aromatic heterocycles. The maximum atomic E-state index is 13.2. The smallest absolute Gasteiger partial charge is 0.385 e. The van der Waals surface area contributed by atoms with Crippen LogP contribution in [-0.2, 0) is 6.18 Å². The minimum absolute atomic E-state index is 0.326. The molecule has 39 heavy (non-hydrogen) atoms. The molecular weight excluding hydrogens is 562 g/mol. The van der Waals surface area contributed by atoms with Gasteiger partial charge in [0.25, 0.3) is 0 Å². The number of hydrogen-bond acceptors (Lipinski definition) is 3. The van der Waals surface area contributed by atoms with Crippen molar-refractivity contribution >= 4 is 17.4 Å². The van der Waals surface area contributed by atoms with Crippen LogP contribution in [0, 0.1) is 11.3 Å². The lowest BCUT2D eigenvalue weighted by Gasteiger charge is -2.28. The molecule has 0 bridgehead atoms. The van der Waals surface area contributed by atoms with Crippen molar-refractivity contribution in [1.29, 1.82) is 5.26 Å². The molecule has 0 saturated heterocycles. The molecular formula is C26H34F10N2S. The fourth-order valence-electron chi connectivity index (χ4n) is 3.81. The number of hydrogen-bond donors (Lipinski definition) is 1. The lowest BCUT2D eigenvalue weighted by Crippen LogP contribution is -2.52. The van der Waals surface area contributed by atoms with Crippen LogP contribution in [0.1, 0.15) is 88.2 Å². The quantitative estimate of drug-likeness (QED) is 0.128. The first-order valence-electron chi connectivity index (χ1n) is 12.9. The van der Waals surface area contributed by atoms with E-state index in [1.54, 1.807) is 6.07 Å². The van der Waals surface area contributed by atoms with Gasteiger partial charge in [0.15, 0.2) is 0 Å². The number of thioether (sulfide) groups is 1. The van der Waals surface area contributed by atoms with Crippen LogP contribution < -0.4 is 5.32 Å². The van der Waals surface area contributed by atoms with E-state index >= 15 is 0 Å². The molecule has 0 unspecified atom stereocenters. The Balaban J connectivity index is 1.98. The summed E-state index contributed by atoms with van der Waals surface area (Å²) >= 11 is 0.949. The normalized spacial score (nSPS) is 12.9. The topological polar surface area (TPSA) is 35.8 Å². The first-order chi connectivity index (χ1) is 18.1. The van der Waals surface area contributed by atoms with Crippen LogP contribution >= 0.6 is 11.8 Å². The molecule has 2 nitrogen and oxygen atoms in total. The Morgan fingerprint density at radius 1 is 0.692 bits per heavy atom. The summed E-state index contributed by atoms with van der Waals surface area (Å²) in [6.45, 7) is 0.532. The summed E-state index contributed by atoms with van der Waals surface area (Å²) < 4.78 is 127. The number of benzene rings is 1. The number of anilines is 1. The minimum atomic E-state index is -6.28. The molecule has 0 heterocycles. The fourth-order valence-corrected chi connectivity index (χ4v) is 4.82. The Labute approximate surface area is 226 Å². The van der Waals surface area contributed by atoms with E-state index < -0.39 is 47.5 Å². The highest BCUT2D eigenvalue weighted by atomic mass is 32.2. The van der Waals surface area contributed by atoms with Crippen molar-refractivity contribution in [3.05, 3.63) is 29.3 Å². The summed E-state index contributed by atoms with van der Waals surface area (Å²) in [5, 5.41) is 11.8. The first-order valence-corrected chi connectivity index (χ1v) is 14.0. The third-order valence-corrected chi connectivity index (χ3v) is 7.19. The van der Waals surface area contributed by atoms with Gasteiger partial charge < -0.3 is 5.32 Å². The molecule has 0 spiro atoms. The number of nitriles is 1. The Hall–Kier alpha value is -1.84. The lowest BCUT2D eigenvalue weighted by atomic mass is 10.1. The number of halogens is 10. The summed E-state index contributed by atoms with van der Waals surface area (Å²) in [5.74, 6) is -11.2. The van der Waals surface area contributed by atoms with Gasteiger partial charge in [-0.05, 0) is 42.5 Å². The second-order valence-electron chi connectivity index (χ2n) is 9.32. The van der Waals surface area contributed by atoms with E-state index in [1.165, 1.54) is 6.07 Å². The van der Waals surface area contributed by atoms with Crippen molar-refractivity contribution in [2.24, 2.45) is 0 Å². The number of rotatable bonds is 19. The highest BCUT2D eigenvalue weighted by molar-refractivity contribution is 7.99. The Morgan fingerprint density at radius 3 is 1.69 bits per heavy atom. The molecule has 1 rings (SSSR count). The second-order valence-corrected chi connectivity index (χ2v) is 10.5.